The average molecular weight is 283 g/mol. The summed E-state index contributed by atoms with van der Waals surface area (Å²) >= 11 is 0. The van der Waals surface area contributed by atoms with Crippen molar-refractivity contribution in [1.82, 2.24) is 5.06 Å². The molecule has 0 aromatic carbocycles. The van der Waals surface area contributed by atoms with E-state index in [-0.39, 0.29) is 12.2 Å². The number of aliphatic hydroxyl groups excluding tert-OH is 2. The van der Waals surface area contributed by atoms with Crippen LogP contribution in [0.3, 0.4) is 0 Å². The molecular weight excluding hydrogens is 262 g/mol. The van der Waals surface area contributed by atoms with Gasteiger partial charge in [-0.15, -0.1) is 0 Å². The standard InChI is InChI=1S/C14H21NO5/c16-9-5-4-8-14(10(9)17)11(18)13(12(19)15(14)20)6-2-1-3-7-13/h9-10,16-17,20H,1-8H2/t9-,10-,14+/m0/s1. The number of ketones is 1. The maximum atomic E-state index is 12.9. The third-order valence-corrected chi connectivity index (χ3v) is 5.43. The molecule has 0 aromatic heterocycles. The number of hydrogen-bond donors (Lipinski definition) is 3. The molecule has 0 unspecified atom stereocenters. The first kappa shape index (κ1) is 14.0. The minimum absolute atomic E-state index is 0.216. The molecule has 2 spiro atoms. The molecule has 2 saturated carbocycles. The van der Waals surface area contributed by atoms with E-state index in [1.807, 2.05) is 0 Å². The van der Waals surface area contributed by atoms with Crippen molar-refractivity contribution in [3.05, 3.63) is 0 Å². The highest BCUT2D eigenvalue weighted by atomic mass is 16.5. The van der Waals surface area contributed by atoms with Crippen LogP contribution in [0.5, 0.6) is 0 Å². The number of carbonyl (C=O) groups excluding carboxylic acids is 2. The van der Waals surface area contributed by atoms with E-state index in [1.165, 1.54) is 0 Å². The van der Waals surface area contributed by atoms with E-state index in [2.05, 4.69) is 0 Å². The number of carbonyl (C=O) groups is 2. The first-order chi connectivity index (χ1) is 9.47. The number of amides is 1. The molecule has 6 heteroatoms. The SMILES string of the molecule is O=C1N(O)[C@@]2(CCC[C@H](O)[C@@H]2O)C(=O)C12CCCCC2. The Kier molecular flexibility index (Phi) is 3.15. The summed E-state index contributed by atoms with van der Waals surface area (Å²) in [4.78, 5) is 25.4. The summed E-state index contributed by atoms with van der Waals surface area (Å²) < 4.78 is 0. The monoisotopic (exact) mass is 283 g/mol. The molecule has 3 atom stereocenters. The van der Waals surface area contributed by atoms with Crippen molar-refractivity contribution in [3.63, 3.8) is 0 Å². The van der Waals surface area contributed by atoms with Crippen LogP contribution in [-0.2, 0) is 9.59 Å². The van der Waals surface area contributed by atoms with Crippen LogP contribution in [0.1, 0.15) is 51.4 Å². The summed E-state index contributed by atoms with van der Waals surface area (Å²) in [6, 6.07) is 0. The van der Waals surface area contributed by atoms with Gasteiger partial charge in [0.2, 0.25) is 0 Å². The minimum atomic E-state index is -1.63. The number of Topliss-reactive ketones (excluding diaryl/α,β-unsaturated/α-hetero) is 1. The fourth-order valence-electron chi connectivity index (χ4n) is 4.27. The number of aliphatic hydroxyl groups is 2. The van der Waals surface area contributed by atoms with E-state index < -0.39 is 29.1 Å². The van der Waals surface area contributed by atoms with Crippen molar-refractivity contribution in [2.75, 3.05) is 0 Å². The van der Waals surface area contributed by atoms with Crippen molar-refractivity contribution < 1.29 is 25.0 Å². The maximum Gasteiger partial charge on any atom is 0.260 e. The quantitative estimate of drug-likeness (QED) is 0.441. The zero-order chi connectivity index (χ0) is 14.5. The molecule has 3 fully saturated rings. The molecule has 3 N–H and O–H groups in total. The van der Waals surface area contributed by atoms with Gasteiger partial charge in [-0.1, -0.05) is 19.3 Å². The molecule has 1 amide bonds. The average Bonchev–Trinajstić information content (AvgIpc) is 2.61. The molecule has 3 rings (SSSR count). The van der Waals surface area contributed by atoms with Gasteiger partial charge in [0.25, 0.3) is 5.91 Å². The molecule has 0 radical (unpaired) electrons. The summed E-state index contributed by atoms with van der Waals surface area (Å²) in [7, 11) is 0. The van der Waals surface area contributed by atoms with E-state index in [9.17, 15) is 25.0 Å². The molecule has 2 aliphatic carbocycles. The Hall–Kier alpha value is -0.980. The highest BCUT2D eigenvalue weighted by Gasteiger charge is 2.70. The zero-order valence-electron chi connectivity index (χ0n) is 11.4. The first-order valence-electron chi connectivity index (χ1n) is 7.41. The number of hydroxylamine groups is 2. The van der Waals surface area contributed by atoms with E-state index in [0.29, 0.717) is 30.7 Å². The van der Waals surface area contributed by atoms with Crippen molar-refractivity contribution in [1.29, 1.82) is 0 Å². The zero-order valence-corrected chi connectivity index (χ0v) is 11.4. The molecule has 0 aromatic rings. The van der Waals surface area contributed by atoms with Crippen molar-refractivity contribution in [3.8, 4) is 0 Å². The van der Waals surface area contributed by atoms with Crippen LogP contribution in [0.15, 0.2) is 0 Å². The van der Waals surface area contributed by atoms with E-state index in [0.717, 1.165) is 19.3 Å². The Labute approximate surface area is 117 Å². The largest absolute Gasteiger partial charge is 0.390 e. The van der Waals surface area contributed by atoms with Crippen LogP contribution in [0.4, 0.5) is 0 Å². The number of hydrogen-bond acceptors (Lipinski definition) is 5. The predicted molar refractivity (Wildman–Crippen MR) is 67.8 cm³/mol. The lowest BCUT2D eigenvalue weighted by atomic mass is 9.65. The summed E-state index contributed by atoms with van der Waals surface area (Å²) in [5.74, 6) is -0.973. The van der Waals surface area contributed by atoms with Crippen LogP contribution in [0.25, 0.3) is 0 Å². The molecule has 3 aliphatic rings. The molecule has 20 heavy (non-hydrogen) atoms. The Morgan fingerprint density at radius 3 is 2.30 bits per heavy atom. The van der Waals surface area contributed by atoms with Crippen molar-refractivity contribution in [2.45, 2.75) is 69.1 Å². The van der Waals surface area contributed by atoms with Crippen molar-refractivity contribution in [2.24, 2.45) is 5.41 Å². The molecular formula is C14H21NO5. The highest BCUT2D eigenvalue weighted by molar-refractivity contribution is 6.16. The Morgan fingerprint density at radius 2 is 1.65 bits per heavy atom. The van der Waals surface area contributed by atoms with Gasteiger partial charge in [0.05, 0.1) is 6.10 Å². The molecule has 1 aliphatic heterocycles. The Morgan fingerprint density at radius 1 is 1.00 bits per heavy atom. The van der Waals surface area contributed by atoms with Gasteiger partial charge in [0, 0.05) is 0 Å². The third kappa shape index (κ3) is 1.50. The normalized spacial score (nSPS) is 40.9. The molecule has 0 bridgehead atoms. The second-order valence-corrected chi connectivity index (χ2v) is 6.42. The van der Waals surface area contributed by atoms with Gasteiger partial charge < -0.3 is 10.2 Å². The Balaban J connectivity index is 2.05. The van der Waals surface area contributed by atoms with Crippen LogP contribution >= 0.6 is 0 Å². The molecule has 1 saturated heterocycles. The fourth-order valence-corrected chi connectivity index (χ4v) is 4.27. The topological polar surface area (TPSA) is 98.1 Å². The summed E-state index contributed by atoms with van der Waals surface area (Å²) in [6.07, 6.45) is 2.03. The van der Waals surface area contributed by atoms with Crippen molar-refractivity contribution >= 4 is 11.7 Å². The molecule has 1 heterocycles. The fraction of sp³-hybridized carbons (Fsp3) is 0.857. The van der Waals surface area contributed by atoms with Gasteiger partial charge in [0.15, 0.2) is 11.3 Å². The maximum absolute atomic E-state index is 12.9. The molecule has 112 valence electrons. The lowest BCUT2D eigenvalue weighted by molar-refractivity contribution is -0.215. The van der Waals surface area contributed by atoms with E-state index in [1.54, 1.807) is 0 Å². The van der Waals surface area contributed by atoms with Crippen LogP contribution < -0.4 is 0 Å². The summed E-state index contributed by atoms with van der Waals surface area (Å²) in [5.41, 5.74) is -2.81. The van der Waals surface area contributed by atoms with E-state index >= 15 is 0 Å². The first-order valence-corrected chi connectivity index (χ1v) is 7.41. The van der Waals surface area contributed by atoms with Gasteiger partial charge in [0.1, 0.15) is 11.5 Å². The number of nitrogens with zero attached hydrogens (tertiary/aromatic N) is 1. The second-order valence-electron chi connectivity index (χ2n) is 6.42. The smallest absolute Gasteiger partial charge is 0.260 e. The third-order valence-electron chi connectivity index (χ3n) is 5.43. The number of rotatable bonds is 0. The van der Waals surface area contributed by atoms with Gasteiger partial charge >= 0.3 is 0 Å². The summed E-state index contributed by atoms with van der Waals surface area (Å²) in [5, 5.41) is 30.8. The van der Waals surface area contributed by atoms with Crippen LogP contribution in [0.2, 0.25) is 0 Å². The van der Waals surface area contributed by atoms with Gasteiger partial charge in [-0.05, 0) is 32.1 Å². The van der Waals surface area contributed by atoms with E-state index in [4.69, 9.17) is 0 Å². The Bertz CT molecular complexity index is 445. The van der Waals surface area contributed by atoms with Crippen LogP contribution in [-0.4, -0.2) is 49.9 Å². The molecule has 6 nitrogen and oxygen atoms in total. The predicted octanol–water partition coefficient (Wildman–Crippen LogP) is 0.382. The lowest BCUT2D eigenvalue weighted by Crippen LogP contribution is -2.63. The van der Waals surface area contributed by atoms with Crippen LogP contribution in [0, 0.1) is 5.41 Å². The van der Waals surface area contributed by atoms with Gasteiger partial charge in [-0.2, -0.15) is 0 Å². The van der Waals surface area contributed by atoms with Gasteiger partial charge in [-0.25, -0.2) is 5.06 Å². The minimum Gasteiger partial charge on any atom is -0.390 e. The highest BCUT2D eigenvalue weighted by Crippen LogP contribution is 2.52. The lowest BCUT2D eigenvalue weighted by Gasteiger charge is -2.42. The van der Waals surface area contributed by atoms with Gasteiger partial charge in [-0.3, -0.25) is 14.8 Å². The second kappa shape index (κ2) is 4.51. The summed E-state index contributed by atoms with van der Waals surface area (Å²) in [6.45, 7) is 0.